The summed E-state index contributed by atoms with van der Waals surface area (Å²) in [6.45, 7) is 3.89. The van der Waals surface area contributed by atoms with E-state index in [9.17, 15) is 9.59 Å². The van der Waals surface area contributed by atoms with Crippen molar-refractivity contribution >= 4 is 11.9 Å². The third kappa shape index (κ3) is 3.29. The van der Waals surface area contributed by atoms with E-state index in [2.05, 4.69) is 0 Å². The van der Waals surface area contributed by atoms with Crippen LogP contribution < -0.4 is 0 Å². The van der Waals surface area contributed by atoms with E-state index in [0.717, 1.165) is 11.1 Å². The Morgan fingerprint density at radius 3 is 2.20 bits per heavy atom. The molecule has 1 aliphatic rings. The van der Waals surface area contributed by atoms with Gasteiger partial charge in [-0.25, -0.2) is 4.79 Å². The molecule has 3 rings (SSSR count). The van der Waals surface area contributed by atoms with Crippen LogP contribution in [0.15, 0.2) is 60.7 Å². The summed E-state index contributed by atoms with van der Waals surface area (Å²) < 4.78 is 0. The van der Waals surface area contributed by atoms with Gasteiger partial charge in [-0.05, 0) is 24.5 Å². The highest BCUT2D eigenvalue weighted by atomic mass is 16.2. The zero-order valence-corrected chi connectivity index (χ0v) is 14.9. The van der Waals surface area contributed by atoms with Crippen LogP contribution in [0.2, 0.25) is 0 Å². The average molecular weight is 336 g/mol. The Hall–Kier alpha value is -2.62. The van der Waals surface area contributed by atoms with Crippen LogP contribution in [0.1, 0.15) is 31.0 Å². The lowest BCUT2D eigenvalue weighted by Crippen LogP contribution is -2.40. The number of rotatable bonds is 4. The number of benzene rings is 2. The van der Waals surface area contributed by atoms with Crippen molar-refractivity contribution in [1.82, 2.24) is 9.80 Å². The maximum Gasteiger partial charge on any atom is 0.327 e. The first-order valence-corrected chi connectivity index (χ1v) is 8.69. The van der Waals surface area contributed by atoms with E-state index in [1.807, 2.05) is 74.5 Å². The lowest BCUT2D eigenvalue weighted by Gasteiger charge is -2.26. The molecule has 3 amide bonds. The predicted molar refractivity (Wildman–Crippen MR) is 98.0 cm³/mol. The molecule has 1 aliphatic heterocycles. The number of urea groups is 1. The smallest absolute Gasteiger partial charge is 0.322 e. The van der Waals surface area contributed by atoms with Gasteiger partial charge in [0.1, 0.15) is 0 Å². The van der Waals surface area contributed by atoms with Gasteiger partial charge in [-0.2, -0.15) is 0 Å². The minimum absolute atomic E-state index is 0.0530. The quantitative estimate of drug-likeness (QED) is 0.850. The van der Waals surface area contributed by atoms with E-state index in [-0.39, 0.29) is 29.9 Å². The fraction of sp³-hybridized carbons (Fsp3) is 0.333. The molecule has 0 aliphatic carbocycles. The maximum atomic E-state index is 13.1. The SMILES string of the molecule is C[C@@H](Cc1ccccc1)C(=O)N1C(=O)N(C)[C@@H](C)[C@H]1c1ccccc1. The van der Waals surface area contributed by atoms with Crippen molar-refractivity contribution in [2.45, 2.75) is 32.4 Å². The first kappa shape index (κ1) is 17.2. The summed E-state index contributed by atoms with van der Waals surface area (Å²) in [5.41, 5.74) is 2.10. The van der Waals surface area contributed by atoms with E-state index in [4.69, 9.17) is 0 Å². The van der Waals surface area contributed by atoms with Crippen molar-refractivity contribution in [2.24, 2.45) is 5.92 Å². The third-order valence-corrected chi connectivity index (χ3v) is 5.04. The van der Waals surface area contributed by atoms with Gasteiger partial charge >= 0.3 is 6.03 Å². The summed E-state index contributed by atoms with van der Waals surface area (Å²) in [7, 11) is 1.76. The standard InChI is InChI=1S/C21H24N2O2/c1-15(14-17-10-6-4-7-11-17)20(24)23-19(16(2)22(3)21(23)25)18-12-8-5-9-13-18/h4-13,15-16,19H,14H2,1-3H3/t15-,16-,19-/m0/s1. The van der Waals surface area contributed by atoms with Crippen molar-refractivity contribution in [3.05, 3.63) is 71.8 Å². The van der Waals surface area contributed by atoms with Crippen molar-refractivity contribution in [1.29, 1.82) is 0 Å². The Labute approximate surface area is 149 Å². The van der Waals surface area contributed by atoms with Crippen LogP contribution in [-0.4, -0.2) is 34.8 Å². The van der Waals surface area contributed by atoms with Gasteiger partial charge in [-0.15, -0.1) is 0 Å². The molecule has 0 saturated carbocycles. The molecule has 1 fully saturated rings. The second-order valence-corrected chi connectivity index (χ2v) is 6.79. The predicted octanol–water partition coefficient (Wildman–Crippen LogP) is 3.89. The summed E-state index contributed by atoms with van der Waals surface area (Å²) in [6, 6.07) is 19.2. The largest absolute Gasteiger partial charge is 0.327 e. The van der Waals surface area contributed by atoms with Crippen LogP contribution in [0.4, 0.5) is 4.79 Å². The summed E-state index contributed by atoms with van der Waals surface area (Å²) in [6.07, 6.45) is 0.628. The molecule has 0 radical (unpaired) electrons. The van der Waals surface area contributed by atoms with Crippen LogP contribution in [-0.2, 0) is 11.2 Å². The third-order valence-electron chi connectivity index (χ3n) is 5.04. The average Bonchev–Trinajstić information content (AvgIpc) is 2.86. The van der Waals surface area contributed by atoms with Crippen LogP contribution in [0.25, 0.3) is 0 Å². The van der Waals surface area contributed by atoms with E-state index in [1.165, 1.54) is 4.90 Å². The molecule has 0 unspecified atom stereocenters. The molecule has 2 aromatic carbocycles. The highest BCUT2D eigenvalue weighted by Gasteiger charge is 2.46. The fourth-order valence-corrected chi connectivity index (χ4v) is 3.49. The van der Waals surface area contributed by atoms with Crippen molar-refractivity contribution in [3.63, 3.8) is 0 Å². The molecule has 3 atom stereocenters. The number of likely N-dealkylation sites (N-methyl/N-ethyl adjacent to an activating group) is 1. The highest BCUT2D eigenvalue weighted by Crippen LogP contribution is 2.35. The second kappa shape index (κ2) is 7.09. The van der Waals surface area contributed by atoms with Gasteiger partial charge in [0, 0.05) is 13.0 Å². The van der Waals surface area contributed by atoms with Crippen molar-refractivity contribution in [2.75, 3.05) is 7.05 Å². The van der Waals surface area contributed by atoms with Crippen LogP contribution >= 0.6 is 0 Å². The molecule has 2 aromatic rings. The van der Waals surface area contributed by atoms with E-state index in [0.29, 0.717) is 6.42 Å². The minimum atomic E-state index is -0.253. The first-order valence-electron chi connectivity index (χ1n) is 8.69. The topological polar surface area (TPSA) is 40.6 Å². The second-order valence-electron chi connectivity index (χ2n) is 6.79. The summed E-state index contributed by atoms with van der Waals surface area (Å²) >= 11 is 0. The van der Waals surface area contributed by atoms with Gasteiger partial charge in [-0.3, -0.25) is 9.69 Å². The lowest BCUT2D eigenvalue weighted by atomic mass is 9.96. The van der Waals surface area contributed by atoms with Gasteiger partial charge in [-0.1, -0.05) is 67.6 Å². The molecule has 0 bridgehead atoms. The van der Waals surface area contributed by atoms with Gasteiger partial charge < -0.3 is 4.90 Å². The monoisotopic (exact) mass is 336 g/mol. The zero-order valence-electron chi connectivity index (χ0n) is 14.9. The van der Waals surface area contributed by atoms with Gasteiger partial charge in [0.2, 0.25) is 5.91 Å². The molecule has 4 nitrogen and oxygen atoms in total. The number of nitrogens with zero attached hydrogens (tertiary/aromatic N) is 2. The number of imide groups is 1. The van der Waals surface area contributed by atoms with E-state index >= 15 is 0 Å². The lowest BCUT2D eigenvalue weighted by molar-refractivity contribution is -0.133. The van der Waals surface area contributed by atoms with Gasteiger partial charge in [0.25, 0.3) is 0 Å². The molecule has 130 valence electrons. The summed E-state index contributed by atoms with van der Waals surface area (Å²) in [5, 5.41) is 0. The Morgan fingerprint density at radius 2 is 1.60 bits per heavy atom. The van der Waals surface area contributed by atoms with Crippen molar-refractivity contribution in [3.8, 4) is 0 Å². The normalized spacial score (nSPS) is 21.5. The molecular weight excluding hydrogens is 312 g/mol. The Morgan fingerprint density at radius 1 is 1.04 bits per heavy atom. The summed E-state index contributed by atoms with van der Waals surface area (Å²) in [5.74, 6) is -0.366. The molecule has 1 saturated heterocycles. The van der Waals surface area contributed by atoms with Gasteiger partial charge in [0.05, 0.1) is 12.1 Å². The van der Waals surface area contributed by atoms with Crippen LogP contribution in [0, 0.1) is 5.92 Å². The molecule has 0 N–H and O–H groups in total. The summed E-state index contributed by atoms with van der Waals surface area (Å²) in [4.78, 5) is 29.0. The Balaban J connectivity index is 1.87. The number of hydrogen-bond donors (Lipinski definition) is 0. The zero-order chi connectivity index (χ0) is 18.0. The first-order chi connectivity index (χ1) is 12.0. The van der Waals surface area contributed by atoms with E-state index < -0.39 is 0 Å². The fourth-order valence-electron chi connectivity index (χ4n) is 3.49. The Bertz CT molecular complexity index is 745. The number of carbonyl (C=O) groups excluding carboxylic acids is 2. The molecule has 1 heterocycles. The maximum absolute atomic E-state index is 13.1. The molecule has 0 aromatic heterocycles. The number of hydrogen-bond acceptors (Lipinski definition) is 2. The molecule has 4 heteroatoms. The Kier molecular flexibility index (Phi) is 4.88. The van der Waals surface area contributed by atoms with E-state index in [1.54, 1.807) is 11.9 Å². The molecule has 25 heavy (non-hydrogen) atoms. The minimum Gasteiger partial charge on any atom is -0.322 e. The van der Waals surface area contributed by atoms with Gasteiger partial charge in [0.15, 0.2) is 0 Å². The number of carbonyl (C=O) groups is 2. The number of amides is 3. The van der Waals surface area contributed by atoms with Crippen LogP contribution in [0.5, 0.6) is 0 Å². The van der Waals surface area contributed by atoms with Crippen molar-refractivity contribution < 1.29 is 9.59 Å². The molecule has 0 spiro atoms. The highest BCUT2D eigenvalue weighted by molar-refractivity contribution is 5.97. The van der Waals surface area contributed by atoms with Crippen LogP contribution in [0.3, 0.4) is 0 Å². The molecular formula is C21H24N2O2.